The van der Waals surface area contributed by atoms with Gasteiger partial charge >= 0.3 is 0 Å². The van der Waals surface area contributed by atoms with Crippen molar-refractivity contribution in [2.45, 2.75) is 0 Å². The Balaban J connectivity index is 0.971. The lowest BCUT2D eigenvalue weighted by Gasteiger charge is -2.18. The average Bonchev–Trinajstić information content (AvgIpc) is 3.70. The summed E-state index contributed by atoms with van der Waals surface area (Å²) in [7, 11) is 0. The molecule has 12 aromatic rings. The summed E-state index contributed by atoms with van der Waals surface area (Å²) in [5, 5.41) is 12.4. The minimum Gasteiger partial charge on any atom is -0.455 e. The summed E-state index contributed by atoms with van der Waals surface area (Å²) < 4.78 is 6.48. The zero-order valence-corrected chi connectivity index (χ0v) is 32.2. The van der Waals surface area contributed by atoms with Crippen LogP contribution in [0.3, 0.4) is 0 Å². The fourth-order valence-corrected chi connectivity index (χ4v) is 9.61. The van der Waals surface area contributed by atoms with Crippen LogP contribution in [0, 0.1) is 0 Å². The lowest BCUT2D eigenvalue weighted by molar-refractivity contribution is 0.670. The van der Waals surface area contributed by atoms with E-state index in [-0.39, 0.29) is 0 Å². The van der Waals surface area contributed by atoms with Crippen LogP contribution in [-0.4, -0.2) is 0 Å². The molecule has 1 aromatic heterocycles. The molecule has 12 rings (SSSR count). The first kappa shape index (κ1) is 33.4. The van der Waals surface area contributed by atoms with Crippen LogP contribution in [0.15, 0.2) is 223 Å². The predicted molar refractivity (Wildman–Crippen MR) is 251 cm³/mol. The molecule has 0 N–H and O–H groups in total. The van der Waals surface area contributed by atoms with Crippen molar-refractivity contribution in [3.63, 3.8) is 0 Å². The third-order valence-electron chi connectivity index (χ3n) is 12.3. The highest BCUT2D eigenvalue weighted by atomic mass is 16.3. The van der Waals surface area contributed by atoms with E-state index < -0.39 is 0 Å². The van der Waals surface area contributed by atoms with E-state index in [1.165, 1.54) is 87.6 Å². The Morgan fingerprint density at radius 2 is 0.661 bits per heavy atom. The second-order valence-corrected chi connectivity index (χ2v) is 15.5. The van der Waals surface area contributed by atoms with Gasteiger partial charge in [-0.05, 0) is 105 Å². The molecule has 274 valence electrons. The maximum absolute atomic E-state index is 6.48. The predicted octanol–water partition coefficient (Wildman–Crippen LogP) is 16.5. The lowest BCUT2D eigenvalue weighted by atomic mass is 9.85. The van der Waals surface area contributed by atoms with Crippen LogP contribution in [0.5, 0.6) is 0 Å². The van der Waals surface area contributed by atoms with Crippen molar-refractivity contribution >= 4 is 65.0 Å². The zero-order valence-electron chi connectivity index (χ0n) is 32.2. The van der Waals surface area contributed by atoms with E-state index in [0.29, 0.717) is 0 Å². The van der Waals surface area contributed by atoms with Gasteiger partial charge < -0.3 is 4.42 Å². The third kappa shape index (κ3) is 5.33. The molecule has 59 heavy (non-hydrogen) atoms. The van der Waals surface area contributed by atoms with Crippen molar-refractivity contribution in [3.8, 4) is 55.6 Å². The summed E-state index contributed by atoms with van der Waals surface area (Å²) in [5.41, 5.74) is 13.8. The highest BCUT2D eigenvalue weighted by Crippen LogP contribution is 2.46. The van der Waals surface area contributed by atoms with Crippen LogP contribution < -0.4 is 0 Å². The maximum Gasteiger partial charge on any atom is 0.143 e. The van der Waals surface area contributed by atoms with Crippen LogP contribution >= 0.6 is 0 Å². The van der Waals surface area contributed by atoms with Gasteiger partial charge in [-0.1, -0.05) is 206 Å². The Kier molecular flexibility index (Phi) is 7.61. The standard InChI is InChI=1S/C58H36O/c1-2-16-43-41(14-1)36-54(46-19-6-5-17-44(43)46)38-30-34-40(35-31-38)57-50-23-9-7-21-48(50)56(49-22-8-10-24-51(49)57)39-32-28-37(29-33-39)42-15-3-4-18-45(42)52-25-13-26-53-47-20-11-12-27-55(47)59-58(52)53/h1-36H. The van der Waals surface area contributed by atoms with Crippen molar-refractivity contribution in [2.75, 3.05) is 0 Å². The molecule has 0 radical (unpaired) electrons. The third-order valence-corrected chi connectivity index (χ3v) is 12.3. The molecule has 1 heterocycles. The van der Waals surface area contributed by atoms with Crippen LogP contribution in [0.4, 0.5) is 0 Å². The molecule has 1 heteroatoms. The van der Waals surface area contributed by atoms with E-state index in [1.807, 2.05) is 12.1 Å². The normalized spacial score (nSPS) is 11.7. The molecule has 0 aliphatic rings. The summed E-state index contributed by atoms with van der Waals surface area (Å²) in [4.78, 5) is 0. The largest absolute Gasteiger partial charge is 0.455 e. The van der Waals surface area contributed by atoms with Crippen molar-refractivity contribution in [1.82, 2.24) is 0 Å². The molecular weight excluding hydrogens is 713 g/mol. The second-order valence-electron chi connectivity index (χ2n) is 15.5. The number of fused-ring (bicyclic) bond motifs is 8. The van der Waals surface area contributed by atoms with Gasteiger partial charge in [0.1, 0.15) is 11.2 Å². The summed E-state index contributed by atoms with van der Waals surface area (Å²) in [6, 6.07) is 79.5. The van der Waals surface area contributed by atoms with Gasteiger partial charge in [0.25, 0.3) is 0 Å². The first-order chi connectivity index (χ1) is 29.3. The van der Waals surface area contributed by atoms with Gasteiger partial charge in [-0.2, -0.15) is 0 Å². The number of hydrogen-bond donors (Lipinski definition) is 0. The first-order valence-electron chi connectivity index (χ1n) is 20.3. The number of benzene rings is 11. The molecule has 0 atom stereocenters. The van der Waals surface area contributed by atoms with E-state index in [4.69, 9.17) is 4.42 Å². The van der Waals surface area contributed by atoms with Crippen LogP contribution in [0.2, 0.25) is 0 Å². The van der Waals surface area contributed by atoms with E-state index in [2.05, 4.69) is 206 Å². The molecule has 0 saturated carbocycles. The number of furan rings is 1. The van der Waals surface area contributed by atoms with E-state index in [9.17, 15) is 0 Å². The van der Waals surface area contributed by atoms with Gasteiger partial charge in [0.2, 0.25) is 0 Å². The van der Waals surface area contributed by atoms with Gasteiger partial charge in [-0.25, -0.2) is 0 Å². The van der Waals surface area contributed by atoms with Crippen molar-refractivity contribution < 1.29 is 4.42 Å². The minimum absolute atomic E-state index is 0.911. The van der Waals surface area contributed by atoms with Gasteiger partial charge in [0.05, 0.1) is 0 Å². The Morgan fingerprint density at radius 3 is 1.29 bits per heavy atom. The van der Waals surface area contributed by atoms with Crippen LogP contribution in [0.1, 0.15) is 0 Å². The molecule has 0 aliphatic heterocycles. The Bertz CT molecular complexity index is 3530. The Hall–Kier alpha value is -7.74. The fraction of sp³-hybridized carbons (Fsp3) is 0. The molecule has 0 amide bonds. The van der Waals surface area contributed by atoms with E-state index in [1.54, 1.807) is 0 Å². The number of rotatable bonds is 5. The highest BCUT2D eigenvalue weighted by Gasteiger charge is 2.19. The van der Waals surface area contributed by atoms with E-state index >= 15 is 0 Å². The smallest absolute Gasteiger partial charge is 0.143 e. The fourth-order valence-electron chi connectivity index (χ4n) is 9.61. The molecule has 11 aromatic carbocycles. The van der Waals surface area contributed by atoms with Crippen LogP contribution in [-0.2, 0) is 0 Å². The first-order valence-corrected chi connectivity index (χ1v) is 20.3. The molecule has 0 fully saturated rings. The Morgan fingerprint density at radius 1 is 0.237 bits per heavy atom. The molecule has 0 spiro atoms. The molecule has 0 unspecified atom stereocenters. The second kappa shape index (κ2) is 13.4. The SMILES string of the molecule is c1ccc(-c2cccc3c2oc2ccccc23)c(-c2ccc(-c3c4ccccc4c(-c4ccc(-c5cc6ccccc6c6ccccc56)cc4)c4ccccc34)cc2)c1. The molecule has 0 bridgehead atoms. The summed E-state index contributed by atoms with van der Waals surface area (Å²) in [6.07, 6.45) is 0. The quantitative estimate of drug-likeness (QED) is 0.126. The molecular formula is C58H36O. The van der Waals surface area contributed by atoms with Crippen molar-refractivity contribution in [2.24, 2.45) is 0 Å². The monoisotopic (exact) mass is 748 g/mol. The summed E-state index contributed by atoms with van der Waals surface area (Å²) >= 11 is 0. The van der Waals surface area contributed by atoms with E-state index in [0.717, 1.165) is 33.1 Å². The van der Waals surface area contributed by atoms with Crippen LogP contribution in [0.25, 0.3) is 121 Å². The average molecular weight is 749 g/mol. The van der Waals surface area contributed by atoms with Gasteiger partial charge in [0, 0.05) is 16.3 Å². The van der Waals surface area contributed by atoms with Gasteiger partial charge in [0.15, 0.2) is 0 Å². The topological polar surface area (TPSA) is 13.1 Å². The summed E-state index contributed by atoms with van der Waals surface area (Å²) in [5.74, 6) is 0. The molecule has 0 aliphatic carbocycles. The number of hydrogen-bond acceptors (Lipinski definition) is 1. The van der Waals surface area contributed by atoms with Gasteiger partial charge in [-0.3, -0.25) is 0 Å². The summed E-state index contributed by atoms with van der Waals surface area (Å²) in [6.45, 7) is 0. The molecule has 0 saturated heterocycles. The van der Waals surface area contributed by atoms with Crippen molar-refractivity contribution in [3.05, 3.63) is 218 Å². The van der Waals surface area contributed by atoms with Crippen molar-refractivity contribution in [1.29, 1.82) is 0 Å². The van der Waals surface area contributed by atoms with Gasteiger partial charge in [-0.15, -0.1) is 0 Å². The maximum atomic E-state index is 6.48. The Labute approximate surface area is 342 Å². The lowest BCUT2D eigenvalue weighted by Crippen LogP contribution is -1.91. The highest BCUT2D eigenvalue weighted by molar-refractivity contribution is 6.22. The minimum atomic E-state index is 0.911. The zero-order chi connectivity index (χ0) is 38.9. The number of para-hydroxylation sites is 2. The molecule has 1 nitrogen and oxygen atoms in total.